The van der Waals surface area contributed by atoms with Crippen LogP contribution in [0.1, 0.15) is 11.6 Å². The molecule has 1 fully saturated rings. The Morgan fingerprint density at radius 3 is 2.33 bits per heavy atom. The first-order valence-corrected chi connectivity index (χ1v) is 7.50. The summed E-state index contributed by atoms with van der Waals surface area (Å²) in [5.41, 5.74) is 0.00970. The van der Waals surface area contributed by atoms with Gasteiger partial charge in [0.15, 0.2) is 0 Å². The SMILES string of the molecule is OCC(F)(F)[C@H](c1ccc(OC(F)(F)F)c(Cl)c1)N1CCNCC1. The monoisotopic (exact) mass is 374 g/mol. The van der Waals surface area contributed by atoms with Crippen molar-refractivity contribution in [3.05, 3.63) is 28.8 Å². The van der Waals surface area contributed by atoms with Crippen LogP contribution in [0.2, 0.25) is 5.02 Å². The van der Waals surface area contributed by atoms with Crippen molar-refractivity contribution >= 4 is 11.6 Å². The molecule has 136 valence electrons. The number of benzene rings is 1. The van der Waals surface area contributed by atoms with Gasteiger partial charge in [-0.2, -0.15) is 0 Å². The maximum Gasteiger partial charge on any atom is 0.573 e. The molecule has 2 N–H and O–H groups in total. The Morgan fingerprint density at radius 2 is 1.83 bits per heavy atom. The minimum absolute atomic E-state index is 0.00970. The molecule has 1 heterocycles. The fourth-order valence-corrected chi connectivity index (χ4v) is 2.87. The molecule has 1 aromatic carbocycles. The zero-order valence-corrected chi connectivity index (χ0v) is 13.2. The second-order valence-electron chi connectivity index (χ2n) is 5.35. The van der Waals surface area contributed by atoms with Crippen LogP contribution in [0.3, 0.4) is 0 Å². The van der Waals surface area contributed by atoms with Gasteiger partial charge in [0, 0.05) is 26.2 Å². The molecule has 1 atom stereocenters. The topological polar surface area (TPSA) is 44.7 Å². The molecule has 0 radical (unpaired) electrons. The largest absolute Gasteiger partial charge is 0.573 e. The number of ether oxygens (including phenoxy) is 1. The molecule has 0 aromatic heterocycles. The Bertz CT molecular complexity index is 565. The van der Waals surface area contributed by atoms with Crippen LogP contribution in [-0.2, 0) is 0 Å². The standard InChI is InChI=1S/C14H16ClF5N2O2/c15-10-7-9(1-2-11(10)24-14(18,19)20)12(13(16,17)8-23)22-5-3-21-4-6-22/h1-2,7,12,21,23H,3-6,8H2/t12-/m0/s1. The normalized spacial score (nSPS) is 18.5. The van der Waals surface area contributed by atoms with Crippen LogP contribution < -0.4 is 10.1 Å². The third kappa shape index (κ3) is 4.69. The van der Waals surface area contributed by atoms with Gasteiger partial charge in [-0.05, 0) is 17.7 Å². The summed E-state index contributed by atoms with van der Waals surface area (Å²) in [6, 6.07) is 1.51. The van der Waals surface area contributed by atoms with Crippen molar-refractivity contribution in [2.75, 3.05) is 32.8 Å². The van der Waals surface area contributed by atoms with Crippen LogP contribution in [0.5, 0.6) is 5.75 Å². The minimum Gasteiger partial charge on any atom is -0.404 e. The zero-order chi connectivity index (χ0) is 18.0. The van der Waals surface area contributed by atoms with Gasteiger partial charge in [-0.1, -0.05) is 17.7 Å². The van der Waals surface area contributed by atoms with Crippen LogP contribution in [-0.4, -0.2) is 55.1 Å². The maximum absolute atomic E-state index is 14.2. The number of aliphatic hydroxyl groups excluding tert-OH is 1. The summed E-state index contributed by atoms with van der Waals surface area (Å²) in [5.74, 6) is -4.15. The molecule has 0 spiro atoms. The van der Waals surface area contributed by atoms with Crippen molar-refractivity contribution in [1.82, 2.24) is 10.2 Å². The molecule has 1 saturated heterocycles. The highest BCUT2D eigenvalue weighted by atomic mass is 35.5. The molecular formula is C14H16ClF5N2O2. The number of rotatable bonds is 5. The molecule has 24 heavy (non-hydrogen) atoms. The highest BCUT2D eigenvalue weighted by Crippen LogP contribution is 2.40. The van der Waals surface area contributed by atoms with E-state index in [0.717, 1.165) is 18.2 Å². The van der Waals surface area contributed by atoms with Crippen molar-refractivity contribution in [2.24, 2.45) is 0 Å². The molecule has 1 aliphatic heterocycles. The number of nitrogens with zero attached hydrogens (tertiary/aromatic N) is 1. The van der Waals surface area contributed by atoms with Crippen LogP contribution in [0.4, 0.5) is 22.0 Å². The van der Waals surface area contributed by atoms with E-state index in [4.69, 9.17) is 16.7 Å². The summed E-state index contributed by atoms with van der Waals surface area (Å²) in [6.45, 7) is 0.194. The number of hydrogen-bond acceptors (Lipinski definition) is 4. The van der Waals surface area contributed by atoms with Crippen LogP contribution in [0.25, 0.3) is 0 Å². The van der Waals surface area contributed by atoms with Crippen molar-refractivity contribution in [2.45, 2.75) is 18.3 Å². The van der Waals surface area contributed by atoms with E-state index in [-0.39, 0.29) is 5.56 Å². The van der Waals surface area contributed by atoms with E-state index in [9.17, 15) is 22.0 Å². The molecule has 0 amide bonds. The molecule has 0 unspecified atom stereocenters. The van der Waals surface area contributed by atoms with Gasteiger partial charge < -0.3 is 15.2 Å². The van der Waals surface area contributed by atoms with Crippen LogP contribution in [0.15, 0.2) is 18.2 Å². The van der Waals surface area contributed by atoms with Crippen molar-refractivity contribution in [1.29, 1.82) is 0 Å². The number of halogens is 6. The van der Waals surface area contributed by atoms with E-state index < -0.39 is 35.7 Å². The summed E-state index contributed by atoms with van der Waals surface area (Å²) < 4.78 is 69.0. The van der Waals surface area contributed by atoms with E-state index in [1.165, 1.54) is 4.90 Å². The van der Waals surface area contributed by atoms with Gasteiger partial charge in [0.2, 0.25) is 0 Å². The Hall–Kier alpha value is -1.16. The number of nitrogens with one attached hydrogen (secondary N) is 1. The highest BCUT2D eigenvalue weighted by Gasteiger charge is 2.44. The highest BCUT2D eigenvalue weighted by molar-refractivity contribution is 6.32. The molecule has 0 aliphatic carbocycles. The van der Waals surface area contributed by atoms with E-state index in [1.807, 2.05) is 0 Å². The van der Waals surface area contributed by atoms with E-state index in [1.54, 1.807) is 0 Å². The lowest BCUT2D eigenvalue weighted by molar-refractivity contribution is -0.274. The first kappa shape index (κ1) is 19.2. The zero-order valence-electron chi connectivity index (χ0n) is 12.4. The lowest BCUT2D eigenvalue weighted by Crippen LogP contribution is -2.51. The maximum atomic E-state index is 14.2. The van der Waals surface area contributed by atoms with Crippen molar-refractivity contribution < 1.29 is 31.8 Å². The Balaban J connectivity index is 2.34. The number of aliphatic hydroxyl groups is 1. The first-order valence-electron chi connectivity index (χ1n) is 7.13. The van der Waals surface area contributed by atoms with Crippen molar-refractivity contribution in [3.8, 4) is 5.75 Å². The fourth-order valence-electron chi connectivity index (χ4n) is 2.64. The third-order valence-electron chi connectivity index (χ3n) is 3.62. The summed E-state index contributed by atoms with van der Waals surface area (Å²) in [4.78, 5) is 1.46. The molecule has 0 bridgehead atoms. The smallest absolute Gasteiger partial charge is 0.404 e. The summed E-state index contributed by atoms with van der Waals surface area (Å²) >= 11 is 5.75. The van der Waals surface area contributed by atoms with Gasteiger partial charge in [-0.3, -0.25) is 4.90 Å². The predicted molar refractivity (Wildman–Crippen MR) is 77.4 cm³/mol. The molecule has 0 saturated carbocycles. The average molecular weight is 375 g/mol. The summed E-state index contributed by atoms with van der Waals surface area (Å²) in [5, 5.41) is 11.6. The third-order valence-corrected chi connectivity index (χ3v) is 3.92. The van der Waals surface area contributed by atoms with Gasteiger partial charge in [0.25, 0.3) is 5.92 Å². The van der Waals surface area contributed by atoms with Gasteiger partial charge >= 0.3 is 6.36 Å². The minimum atomic E-state index is -4.93. The Morgan fingerprint density at radius 1 is 1.21 bits per heavy atom. The first-order chi connectivity index (χ1) is 11.1. The van der Waals surface area contributed by atoms with Crippen molar-refractivity contribution in [3.63, 3.8) is 0 Å². The van der Waals surface area contributed by atoms with E-state index in [2.05, 4.69) is 10.1 Å². The summed E-state index contributed by atoms with van der Waals surface area (Å²) in [6.07, 6.45) is -4.93. The van der Waals surface area contributed by atoms with E-state index >= 15 is 0 Å². The lowest BCUT2D eigenvalue weighted by atomic mass is 9.98. The lowest BCUT2D eigenvalue weighted by Gasteiger charge is -2.38. The Labute approximate surface area is 140 Å². The molecule has 2 rings (SSSR count). The molecule has 1 aliphatic rings. The molecule has 1 aromatic rings. The molecule has 10 heteroatoms. The fraction of sp³-hybridized carbons (Fsp3) is 0.571. The number of piperazine rings is 1. The van der Waals surface area contributed by atoms with Crippen LogP contribution in [0, 0.1) is 0 Å². The quantitative estimate of drug-likeness (QED) is 0.778. The Kier molecular flexibility index (Phi) is 5.90. The second kappa shape index (κ2) is 7.38. The number of alkyl halides is 5. The van der Waals surface area contributed by atoms with Crippen LogP contribution >= 0.6 is 11.6 Å². The van der Waals surface area contributed by atoms with Gasteiger partial charge in [0.1, 0.15) is 18.4 Å². The second-order valence-corrected chi connectivity index (χ2v) is 5.75. The van der Waals surface area contributed by atoms with Gasteiger partial charge in [0.05, 0.1) is 5.02 Å². The van der Waals surface area contributed by atoms with Gasteiger partial charge in [-0.25, -0.2) is 8.78 Å². The van der Waals surface area contributed by atoms with E-state index in [0.29, 0.717) is 26.2 Å². The summed E-state index contributed by atoms with van der Waals surface area (Å²) in [7, 11) is 0. The predicted octanol–water partition coefficient (Wildman–Crippen LogP) is 2.81. The number of hydrogen-bond donors (Lipinski definition) is 2. The molecule has 4 nitrogen and oxygen atoms in total. The molecular weight excluding hydrogens is 359 g/mol. The van der Waals surface area contributed by atoms with Gasteiger partial charge in [-0.15, -0.1) is 13.2 Å². The average Bonchev–Trinajstić information content (AvgIpc) is 2.50.